The molecule has 0 aliphatic carbocycles. The molecule has 0 saturated carbocycles. The Morgan fingerprint density at radius 2 is 2.26 bits per heavy atom. The predicted molar refractivity (Wildman–Crippen MR) is 85.7 cm³/mol. The van der Waals surface area contributed by atoms with Crippen molar-refractivity contribution >= 4 is 11.8 Å². The maximum Gasteiger partial charge on any atom is 0.237 e. The number of ether oxygens (including phenoxy) is 1. The molecule has 0 aromatic heterocycles. The van der Waals surface area contributed by atoms with Gasteiger partial charge >= 0.3 is 0 Å². The number of carbonyl (C=O) groups is 2. The van der Waals surface area contributed by atoms with Crippen molar-refractivity contribution in [2.45, 2.75) is 56.3 Å². The molecule has 0 radical (unpaired) electrons. The fraction of sp³-hybridized carbons (Fsp3) is 0.875. The summed E-state index contributed by atoms with van der Waals surface area (Å²) < 4.78 is 5.22. The molecule has 3 aliphatic rings. The van der Waals surface area contributed by atoms with E-state index in [9.17, 15) is 9.59 Å². The second-order valence-electron chi connectivity index (χ2n) is 6.98. The van der Waals surface area contributed by atoms with Crippen molar-refractivity contribution in [3.63, 3.8) is 0 Å². The van der Waals surface area contributed by atoms with Crippen molar-refractivity contribution in [1.82, 2.24) is 15.1 Å². The van der Waals surface area contributed by atoms with Crippen LogP contribution in [0.1, 0.15) is 32.1 Å². The summed E-state index contributed by atoms with van der Waals surface area (Å²) in [4.78, 5) is 28.6. The highest BCUT2D eigenvalue weighted by Gasteiger charge is 2.42. The Morgan fingerprint density at radius 3 is 3.04 bits per heavy atom. The summed E-state index contributed by atoms with van der Waals surface area (Å²) >= 11 is 0. The lowest BCUT2D eigenvalue weighted by Crippen LogP contribution is -2.58. The number of nitrogens with one attached hydrogen (secondary N) is 1. The molecule has 0 spiro atoms. The molecule has 3 fully saturated rings. The summed E-state index contributed by atoms with van der Waals surface area (Å²) in [6.07, 6.45) is 4.11. The van der Waals surface area contributed by atoms with Gasteiger partial charge in [0.25, 0.3) is 0 Å². The van der Waals surface area contributed by atoms with Crippen molar-refractivity contribution in [1.29, 1.82) is 0 Å². The third-order valence-electron chi connectivity index (χ3n) is 5.40. The van der Waals surface area contributed by atoms with Crippen molar-refractivity contribution in [2.75, 3.05) is 33.4 Å². The fourth-order valence-corrected chi connectivity index (χ4v) is 4.24. The third-order valence-corrected chi connectivity index (χ3v) is 5.40. The third kappa shape index (κ3) is 3.51. The standard InChI is InChI=1S/C16H28N4O3/c1-23-10-13-3-2-6-19(13)15(21)5-4-12-8-18-16(22)14-7-11(17)9-20(12)14/h11-14H,2-10,17H2,1H3,(H,18,22)/t11-,12+,13+,14-/m0/s1. The van der Waals surface area contributed by atoms with Gasteiger partial charge in [-0.25, -0.2) is 0 Å². The lowest BCUT2D eigenvalue weighted by atomic mass is 10.0. The van der Waals surface area contributed by atoms with Gasteiger partial charge in [-0.2, -0.15) is 0 Å². The molecule has 23 heavy (non-hydrogen) atoms. The van der Waals surface area contributed by atoms with Crippen molar-refractivity contribution in [3.05, 3.63) is 0 Å². The second-order valence-corrected chi connectivity index (χ2v) is 6.98. The molecule has 0 aromatic rings. The number of fused-ring (bicyclic) bond motifs is 1. The largest absolute Gasteiger partial charge is 0.383 e. The topological polar surface area (TPSA) is 87.9 Å². The molecule has 3 N–H and O–H groups in total. The zero-order valence-electron chi connectivity index (χ0n) is 13.9. The average Bonchev–Trinajstić information content (AvgIpc) is 3.13. The van der Waals surface area contributed by atoms with Gasteiger partial charge in [0.2, 0.25) is 11.8 Å². The quantitative estimate of drug-likeness (QED) is 0.698. The van der Waals surface area contributed by atoms with E-state index >= 15 is 0 Å². The normalized spacial score (nSPS) is 34.5. The molecular weight excluding hydrogens is 296 g/mol. The number of amides is 2. The molecular formula is C16H28N4O3. The first-order chi connectivity index (χ1) is 11.1. The summed E-state index contributed by atoms with van der Waals surface area (Å²) in [6, 6.07) is 0.406. The van der Waals surface area contributed by atoms with E-state index in [-0.39, 0.29) is 36.0 Å². The van der Waals surface area contributed by atoms with E-state index in [1.807, 2.05) is 4.90 Å². The number of hydrogen-bond donors (Lipinski definition) is 2. The van der Waals surface area contributed by atoms with Gasteiger partial charge in [-0.15, -0.1) is 0 Å². The van der Waals surface area contributed by atoms with Gasteiger partial charge in [-0.1, -0.05) is 0 Å². The summed E-state index contributed by atoms with van der Waals surface area (Å²) in [7, 11) is 1.68. The van der Waals surface area contributed by atoms with E-state index in [1.165, 1.54) is 0 Å². The minimum absolute atomic E-state index is 0.0618. The van der Waals surface area contributed by atoms with Gasteiger partial charge < -0.3 is 20.7 Å². The lowest BCUT2D eigenvalue weighted by molar-refractivity contribution is -0.133. The number of methoxy groups -OCH3 is 1. The number of rotatable bonds is 5. The molecule has 3 rings (SSSR count). The second kappa shape index (κ2) is 7.15. The Balaban J connectivity index is 1.53. The van der Waals surface area contributed by atoms with Gasteiger partial charge in [-0.05, 0) is 25.7 Å². The van der Waals surface area contributed by atoms with Crippen LogP contribution in [0.3, 0.4) is 0 Å². The summed E-state index contributed by atoms with van der Waals surface area (Å²) in [6.45, 7) is 2.84. The molecule has 7 nitrogen and oxygen atoms in total. The number of nitrogens with two attached hydrogens (primary N) is 1. The molecule has 3 saturated heterocycles. The van der Waals surface area contributed by atoms with E-state index in [0.717, 1.165) is 38.8 Å². The lowest BCUT2D eigenvalue weighted by Gasteiger charge is -2.37. The Bertz CT molecular complexity index is 459. The SMILES string of the molecule is COC[C@H]1CCCN1C(=O)CC[C@@H]1CNC(=O)[C@@H]2C[C@H](N)CN12. The van der Waals surface area contributed by atoms with E-state index in [2.05, 4.69) is 10.2 Å². The van der Waals surface area contributed by atoms with Crippen LogP contribution < -0.4 is 11.1 Å². The first kappa shape index (κ1) is 16.7. The van der Waals surface area contributed by atoms with Crippen LogP contribution in [-0.4, -0.2) is 79.1 Å². The minimum atomic E-state index is -0.105. The minimum Gasteiger partial charge on any atom is -0.383 e. The first-order valence-electron chi connectivity index (χ1n) is 8.67. The highest BCUT2D eigenvalue weighted by molar-refractivity contribution is 5.83. The smallest absolute Gasteiger partial charge is 0.237 e. The van der Waals surface area contributed by atoms with Crippen LogP contribution in [0.25, 0.3) is 0 Å². The number of likely N-dealkylation sites (tertiary alicyclic amines) is 1. The Hall–Kier alpha value is -1.18. The van der Waals surface area contributed by atoms with Crippen LogP contribution in [0.2, 0.25) is 0 Å². The van der Waals surface area contributed by atoms with Crippen molar-refractivity contribution < 1.29 is 14.3 Å². The molecule has 130 valence electrons. The number of piperazine rings is 1. The summed E-state index contributed by atoms with van der Waals surface area (Å²) in [5.41, 5.74) is 6.02. The maximum atomic E-state index is 12.5. The highest BCUT2D eigenvalue weighted by atomic mass is 16.5. The zero-order chi connectivity index (χ0) is 16.4. The maximum absolute atomic E-state index is 12.5. The molecule has 7 heteroatoms. The Morgan fingerprint density at radius 1 is 1.43 bits per heavy atom. The molecule has 3 aliphatic heterocycles. The van der Waals surface area contributed by atoms with Crippen LogP contribution >= 0.6 is 0 Å². The van der Waals surface area contributed by atoms with Crippen LogP contribution in [0.4, 0.5) is 0 Å². The number of carbonyl (C=O) groups excluding carboxylic acids is 2. The van der Waals surface area contributed by atoms with Gasteiger partial charge in [-0.3, -0.25) is 14.5 Å². The summed E-state index contributed by atoms with van der Waals surface area (Å²) in [5.74, 6) is 0.293. The van der Waals surface area contributed by atoms with E-state index < -0.39 is 0 Å². The van der Waals surface area contributed by atoms with Crippen LogP contribution in [0.5, 0.6) is 0 Å². The van der Waals surface area contributed by atoms with Crippen LogP contribution in [0.15, 0.2) is 0 Å². The molecule has 3 heterocycles. The van der Waals surface area contributed by atoms with Gasteiger partial charge in [0.05, 0.1) is 18.7 Å². The van der Waals surface area contributed by atoms with Crippen molar-refractivity contribution in [2.24, 2.45) is 5.73 Å². The molecule has 0 bridgehead atoms. The number of hydrogen-bond acceptors (Lipinski definition) is 5. The molecule has 4 atom stereocenters. The average molecular weight is 324 g/mol. The predicted octanol–water partition coefficient (Wildman–Crippen LogP) is -0.696. The van der Waals surface area contributed by atoms with E-state index in [0.29, 0.717) is 19.6 Å². The number of nitrogens with zero attached hydrogens (tertiary/aromatic N) is 2. The molecule has 0 aromatic carbocycles. The van der Waals surface area contributed by atoms with Crippen LogP contribution in [0, 0.1) is 0 Å². The fourth-order valence-electron chi connectivity index (χ4n) is 4.24. The van der Waals surface area contributed by atoms with Gasteiger partial charge in [0.15, 0.2) is 0 Å². The molecule has 0 unspecified atom stereocenters. The van der Waals surface area contributed by atoms with Crippen molar-refractivity contribution in [3.8, 4) is 0 Å². The van der Waals surface area contributed by atoms with Gasteiger partial charge in [0, 0.05) is 45.2 Å². The molecule has 2 amide bonds. The first-order valence-corrected chi connectivity index (χ1v) is 8.67. The Labute approximate surface area is 137 Å². The van der Waals surface area contributed by atoms with E-state index in [1.54, 1.807) is 7.11 Å². The van der Waals surface area contributed by atoms with E-state index in [4.69, 9.17) is 10.5 Å². The zero-order valence-corrected chi connectivity index (χ0v) is 13.9. The van der Waals surface area contributed by atoms with Crippen LogP contribution in [-0.2, 0) is 14.3 Å². The highest BCUT2D eigenvalue weighted by Crippen LogP contribution is 2.26. The Kier molecular flexibility index (Phi) is 5.18. The monoisotopic (exact) mass is 324 g/mol. The summed E-state index contributed by atoms with van der Waals surface area (Å²) in [5, 5.41) is 2.97. The van der Waals surface area contributed by atoms with Gasteiger partial charge in [0.1, 0.15) is 0 Å².